The lowest BCUT2D eigenvalue weighted by molar-refractivity contribution is 0.0895. The number of hydrogen-bond donors (Lipinski definition) is 1. The van der Waals surface area contributed by atoms with Crippen LogP contribution < -0.4 is 10.9 Å². The van der Waals surface area contributed by atoms with E-state index >= 15 is 0 Å². The number of fused-ring (bicyclic) bond motifs is 1. The molecule has 0 atom stereocenters. The van der Waals surface area contributed by atoms with Gasteiger partial charge in [0.05, 0.1) is 11.7 Å². The lowest BCUT2D eigenvalue weighted by Gasteiger charge is -2.29. The van der Waals surface area contributed by atoms with Crippen LogP contribution in [0.4, 0.5) is 0 Å². The fourth-order valence-corrected chi connectivity index (χ4v) is 4.11. The van der Waals surface area contributed by atoms with E-state index in [4.69, 9.17) is 4.42 Å². The van der Waals surface area contributed by atoms with Crippen molar-refractivity contribution in [2.45, 2.75) is 56.5 Å². The second kappa shape index (κ2) is 6.93. The molecule has 0 radical (unpaired) electrons. The lowest BCUT2D eigenvalue weighted by Crippen LogP contribution is -2.39. The molecular weight excluding hydrogens is 354 g/mol. The lowest BCUT2D eigenvalue weighted by atomic mass is 9.91. The summed E-state index contributed by atoms with van der Waals surface area (Å²) in [5.41, 5.74) is 1.73. The molecule has 5 rings (SSSR count). The average molecular weight is 377 g/mol. The summed E-state index contributed by atoms with van der Waals surface area (Å²) in [5.74, 6) is 0.704. The minimum Gasteiger partial charge on any atom is -0.451 e. The van der Waals surface area contributed by atoms with Crippen LogP contribution in [-0.4, -0.2) is 21.7 Å². The highest BCUT2D eigenvalue weighted by atomic mass is 16.3. The van der Waals surface area contributed by atoms with Gasteiger partial charge >= 0.3 is 0 Å². The molecule has 2 aliphatic carbocycles. The summed E-state index contributed by atoms with van der Waals surface area (Å²) in [7, 11) is 0. The summed E-state index contributed by atoms with van der Waals surface area (Å²) in [4.78, 5) is 24.8. The largest absolute Gasteiger partial charge is 0.451 e. The van der Waals surface area contributed by atoms with Crippen LogP contribution in [0.2, 0.25) is 0 Å². The molecule has 2 aromatic heterocycles. The summed E-state index contributed by atoms with van der Waals surface area (Å²) < 4.78 is 7.32. The Morgan fingerprint density at radius 2 is 1.82 bits per heavy atom. The molecule has 1 N–H and O–H groups in total. The zero-order valence-electron chi connectivity index (χ0n) is 15.6. The maximum Gasteiger partial charge on any atom is 0.287 e. The van der Waals surface area contributed by atoms with Crippen LogP contribution in [0.1, 0.15) is 66.7 Å². The van der Waals surface area contributed by atoms with Gasteiger partial charge in [0.15, 0.2) is 5.76 Å². The number of rotatable bonds is 4. The molecular formula is C22H23N3O3. The van der Waals surface area contributed by atoms with E-state index in [0.29, 0.717) is 11.7 Å². The molecule has 2 heterocycles. The van der Waals surface area contributed by atoms with Crippen LogP contribution in [0.15, 0.2) is 51.7 Å². The Morgan fingerprint density at radius 1 is 1.04 bits per heavy atom. The highest BCUT2D eigenvalue weighted by Gasteiger charge is 2.29. The van der Waals surface area contributed by atoms with E-state index in [0.717, 1.165) is 42.3 Å². The molecule has 144 valence electrons. The Morgan fingerprint density at radius 3 is 2.57 bits per heavy atom. The van der Waals surface area contributed by atoms with Crippen molar-refractivity contribution in [3.05, 3.63) is 64.3 Å². The molecule has 0 aliphatic heterocycles. The Bertz CT molecular complexity index is 1040. The minimum absolute atomic E-state index is 0.0286. The molecule has 0 spiro atoms. The number of nitrogens with zero attached hydrogens (tertiary/aromatic N) is 2. The van der Waals surface area contributed by atoms with Crippen molar-refractivity contribution in [2.24, 2.45) is 0 Å². The summed E-state index contributed by atoms with van der Waals surface area (Å²) in [6.07, 6.45) is 5.69. The molecule has 2 fully saturated rings. The molecule has 28 heavy (non-hydrogen) atoms. The molecule has 1 amide bonds. The number of nitrogens with one attached hydrogen (secondary N) is 1. The predicted molar refractivity (Wildman–Crippen MR) is 105 cm³/mol. The number of para-hydroxylation sites is 1. The molecule has 6 nitrogen and oxygen atoms in total. The fourth-order valence-electron chi connectivity index (χ4n) is 4.11. The van der Waals surface area contributed by atoms with Crippen LogP contribution in [0.3, 0.4) is 0 Å². The first kappa shape index (κ1) is 17.2. The van der Waals surface area contributed by atoms with Gasteiger partial charge in [-0.25, -0.2) is 4.68 Å². The molecule has 0 saturated heterocycles. The number of carbonyl (C=O) groups excluding carboxylic acids is 1. The van der Waals surface area contributed by atoms with Gasteiger partial charge in [0, 0.05) is 23.4 Å². The highest BCUT2D eigenvalue weighted by Crippen LogP contribution is 2.38. The smallest absolute Gasteiger partial charge is 0.287 e. The van der Waals surface area contributed by atoms with Gasteiger partial charge in [-0.15, -0.1) is 0 Å². The number of hydrogen-bond acceptors (Lipinski definition) is 4. The number of amides is 1. The van der Waals surface area contributed by atoms with Crippen molar-refractivity contribution >= 4 is 16.9 Å². The molecule has 2 saturated carbocycles. The van der Waals surface area contributed by atoms with E-state index < -0.39 is 0 Å². The van der Waals surface area contributed by atoms with Gasteiger partial charge in [-0.2, -0.15) is 5.10 Å². The SMILES string of the molecule is O=C(NC1CCC(n2nc(C3CC3)ccc2=O)CC1)c1cc2ccccc2o1. The Labute approximate surface area is 162 Å². The molecule has 6 heteroatoms. The third kappa shape index (κ3) is 3.35. The first-order chi connectivity index (χ1) is 13.7. The summed E-state index contributed by atoms with van der Waals surface area (Å²) in [5, 5.41) is 8.63. The third-order valence-corrected chi connectivity index (χ3v) is 5.87. The maximum atomic E-state index is 12.5. The van der Waals surface area contributed by atoms with Crippen LogP contribution in [-0.2, 0) is 0 Å². The number of benzene rings is 1. The second-order valence-electron chi connectivity index (χ2n) is 7.94. The number of carbonyl (C=O) groups is 1. The Hall–Kier alpha value is -2.89. The molecule has 2 aliphatic rings. The van der Waals surface area contributed by atoms with Gasteiger partial charge in [0.2, 0.25) is 0 Å². The normalized spacial score (nSPS) is 22.3. The second-order valence-corrected chi connectivity index (χ2v) is 7.94. The van der Waals surface area contributed by atoms with Gasteiger partial charge in [-0.05, 0) is 56.7 Å². The molecule has 1 aromatic carbocycles. The van der Waals surface area contributed by atoms with Crippen LogP contribution in [0.5, 0.6) is 0 Å². The van der Waals surface area contributed by atoms with E-state index in [2.05, 4.69) is 10.4 Å². The van der Waals surface area contributed by atoms with Gasteiger partial charge in [0.1, 0.15) is 5.58 Å². The molecule has 3 aromatic rings. The standard InChI is InChI=1S/C22H23N3O3/c26-21-12-11-18(14-5-6-14)24-25(21)17-9-7-16(8-10-17)23-22(27)20-13-15-3-1-2-4-19(15)28-20/h1-4,11-14,16-17H,5-10H2,(H,23,27). The molecule has 0 unspecified atom stereocenters. The van der Waals surface area contributed by atoms with Gasteiger partial charge in [-0.1, -0.05) is 18.2 Å². The van der Waals surface area contributed by atoms with Crippen LogP contribution in [0.25, 0.3) is 11.0 Å². The van der Waals surface area contributed by atoms with Gasteiger partial charge in [-0.3, -0.25) is 9.59 Å². The zero-order valence-corrected chi connectivity index (χ0v) is 15.6. The predicted octanol–water partition coefficient (Wildman–Crippen LogP) is 3.78. The van der Waals surface area contributed by atoms with Crippen LogP contribution >= 0.6 is 0 Å². The van der Waals surface area contributed by atoms with Crippen molar-refractivity contribution in [1.29, 1.82) is 0 Å². The topological polar surface area (TPSA) is 77.1 Å². The van der Waals surface area contributed by atoms with Gasteiger partial charge in [0.25, 0.3) is 11.5 Å². The van der Waals surface area contributed by atoms with Crippen molar-refractivity contribution in [1.82, 2.24) is 15.1 Å². The van der Waals surface area contributed by atoms with Crippen molar-refractivity contribution < 1.29 is 9.21 Å². The van der Waals surface area contributed by atoms with Crippen molar-refractivity contribution in [3.63, 3.8) is 0 Å². The first-order valence-electron chi connectivity index (χ1n) is 10.1. The molecule has 0 bridgehead atoms. The summed E-state index contributed by atoms with van der Waals surface area (Å²) >= 11 is 0. The maximum absolute atomic E-state index is 12.5. The number of furan rings is 1. The van der Waals surface area contributed by atoms with Crippen molar-refractivity contribution in [2.75, 3.05) is 0 Å². The zero-order chi connectivity index (χ0) is 19.1. The van der Waals surface area contributed by atoms with E-state index in [-0.39, 0.29) is 23.6 Å². The van der Waals surface area contributed by atoms with Crippen LogP contribution in [0, 0.1) is 0 Å². The summed E-state index contributed by atoms with van der Waals surface area (Å²) in [6.45, 7) is 0. The van der Waals surface area contributed by atoms with E-state index in [9.17, 15) is 9.59 Å². The van der Waals surface area contributed by atoms with Gasteiger partial charge < -0.3 is 9.73 Å². The average Bonchev–Trinajstić information content (AvgIpc) is 3.47. The fraction of sp³-hybridized carbons (Fsp3) is 0.409. The number of aromatic nitrogens is 2. The third-order valence-electron chi connectivity index (χ3n) is 5.87. The van der Waals surface area contributed by atoms with Crippen molar-refractivity contribution in [3.8, 4) is 0 Å². The highest BCUT2D eigenvalue weighted by molar-refractivity contribution is 5.96. The Balaban J connectivity index is 1.23. The van der Waals surface area contributed by atoms with E-state index in [1.165, 1.54) is 12.8 Å². The van der Waals surface area contributed by atoms with E-state index in [1.807, 2.05) is 30.3 Å². The quantitative estimate of drug-likeness (QED) is 0.751. The minimum atomic E-state index is -0.175. The monoisotopic (exact) mass is 377 g/mol. The first-order valence-corrected chi connectivity index (χ1v) is 10.1. The Kier molecular flexibility index (Phi) is 4.26. The van der Waals surface area contributed by atoms with E-state index in [1.54, 1.807) is 16.8 Å². The summed E-state index contributed by atoms with van der Waals surface area (Å²) in [6, 6.07) is 13.1.